The van der Waals surface area contributed by atoms with E-state index in [-0.39, 0.29) is 36.0 Å². The van der Waals surface area contributed by atoms with Gasteiger partial charge in [0, 0.05) is 24.2 Å². The van der Waals surface area contributed by atoms with Crippen molar-refractivity contribution in [2.75, 3.05) is 11.9 Å². The Bertz CT molecular complexity index is 793. The van der Waals surface area contributed by atoms with E-state index in [0.29, 0.717) is 16.8 Å². The quantitative estimate of drug-likeness (QED) is 0.844. The summed E-state index contributed by atoms with van der Waals surface area (Å²) in [5.74, 6) is -0.869. The third-order valence-corrected chi connectivity index (χ3v) is 4.11. The van der Waals surface area contributed by atoms with Crippen molar-refractivity contribution in [3.05, 3.63) is 65.0 Å². The first kappa shape index (κ1) is 19.6. The maximum atomic E-state index is 13.5. The van der Waals surface area contributed by atoms with Crippen molar-refractivity contribution < 1.29 is 14.0 Å². The van der Waals surface area contributed by atoms with Gasteiger partial charge < -0.3 is 10.6 Å². The van der Waals surface area contributed by atoms with Gasteiger partial charge in [-0.3, -0.25) is 9.59 Å². The Morgan fingerprint density at radius 2 is 1.69 bits per heavy atom. The Morgan fingerprint density at radius 1 is 1.04 bits per heavy atom. The van der Waals surface area contributed by atoms with Gasteiger partial charge in [0.25, 0.3) is 5.91 Å². The molecule has 0 bridgehead atoms. The third kappa shape index (κ3) is 5.41. The Morgan fingerprint density at radius 3 is 2.27 bits per heavy atom. The van der Waals surface area contributed by atoms with Gasteiger partial charge >= 0.3 is 0 Å². The predicted octanol–water partition coefficient (Wildman–Crippen LogP) is 4.19. The molecule has 0 aromatic heterocycles. The average Bonchev–Trinajstić information content (AvgIpc) is 2.57. The maximum absolute atomic E-state index is 13.5. The van der Waals surface area contributed by atoms with Crippen LogP contribution in [-0.2, 0) is 10.2 Å². The highest BCUT2D eigenvalue weighted by molar-refractivity contribution is 5.95. The molecule has 2 N–H and O–H groups in total. The maximum Gasteiger partial charge on any atom is 0.251 e. The van der Waals surface area contributed by atoms with Crippen LogP contribution >= 0.6 is 0 Å². The standard InChI is InChI=1S/C21H25FN2O2/c1-14-5-10-17(13-18(14)22)24-19(25)11-12-23-20(26)15-6-8-16(9-7-15)21(2,3)4/h5-10,13H,11-12H2,1-4H3,(H,23,26)(H,24,25). The van der Waals surface area contributed by atoms with E-state index in [2.05, 4.69) is 31.4 Å². The topological polar surface area (TPSA) is 58.2 Å². The summed E-state index contributed by atoms with van der Waals surface area (Å²) in [6.45, 7) is 8.20. The van der Waals surface area contributed by atoms with E-state index in [1.165, 1.54) is 6.07 Å². The monoisotopic (exact) mass is 356 g/mol. The lowest BCUT2D eigenvalue weighted by atomic mass is 9.87. The molecule has 0 aliphatic rings. The number of rotatable bonds is 5. The smallest absolute Gasteiger partial charge is 0.251 e. The molecule has 4 nitrogen and oxygen atoms in total. The number of nitrogens with one attached hydrogen (secondary N) is 2. The van der Waals surface area contributed by atoms with Gasteiger partial charge in [0.1, 0.15) is 5.82 Å². The fourth-order valence-electron chi connectivity index (χ4n) is 2.41. The zero-order valence-electron chi connectivity index (χ0n) is 15.7. The van der Waals surface area contributed by atoms with E-state index in [9.17, 15) is 14.0 Å². The molecule has 2 amide bonds. The van der Waals surface area contributed by atoms with Crippen LogP contribution in [0.4, 0.5) is 10.1 Å². The normalized spacial score (nSPS) is 11.1. The fourth-order valence-corrected chi connectivity index (χ4v) is 2.41. The number of carbonyl (C=O) groups is 2. The molecule has 0 atom stereocenters. The van der Waals surface area contributed by atoms with Crippen molar-refractivity contribution in [2.24, 2.45) is 0 Å². The number of carbonyl (C=O) groups excluding carboxylic acids is 2. The van der Waals surface area contributed by atoms with E-state index in [0.717, 1.165) is 5.56 Å². The molecule has 0 unspecified atom stereocenters. The van der Waals surface area contributed by atoms with E-state index >= 15 is 0 Å². The lowest BCUT2D eigenvalue weighted by Gasteiger charge is -2.19. The average molecular weight is 356 g/mol. The molecule has 2 aromatic rings. The second kappa shape index (κ2) is 8.13. The zero-order valence-corrected chi connectivity index (χ0v) is 15.7. The highest BCUT2D eigenvalue weighted by Gasteiger charge is 2.14. The largest absolute Gasteiger partial charge is 0.352 e. The van der Waals surface area contributed by atoms with Gasteiger partial charge in [-0.1, -0.05) is 39.0 Å². The molecule has 0 aliphatic carbocycles. The van der Waals surface area contributed by atoms with Crippen molar-refractivity contribution >= 4 is 17.5 Å². The number of amides is 2. The van der Waals surface area contributed by atoms with Crippen molar-refractivity contribution in [1.82, 2.24) is 5.32 Å². The molecule has 0 fully saturated rings. The molecule has 0 spiro atoms. The van der Waals surface area contributed by atoms with Gasteiger partial charge in [-0.15, -0.1) is 0 Å². The molecule has 0 saturated carbocycles. The first-order valence-corrected chi connectivity index (χ1v) is 8.61. The van der Waals surface area contributed by atoms with E-state index in [4.69, 9.17) is 0 Å². The molecule has 0 radical (unpaired) electrons. The minimum absolute atomic E-state index is 0.0303. The Labute approximate surface area is 153 Å². The minimum Gasteiger partial charge on any atom is -0.352 e. The predicted molar refractivity (Wildman–Crippen MR) is 102 cm³/mol. The number of hydrogen-bond acceptors (Lipinski definition) is 2. The number of anilines is 1. The summed E-state index contributed by atoms with van der Waals surface area (Å²) in [5.41, 5.74) is 2.66. The van der Waals surface area contributed by atoms with Gasteiger partial charge in [0.2, 0.25) is 5.91 Å². The summed E-state index contributed by atoms with van der Waals surface area (Å²) in [6.07, 6.45) is 0.112. The highest BCUT2D eigenvalue weighted by Crippen LogP contribution is 2.22. The summed E-state index contributed by atoms with van der Waals surface area (Å²) in [6, 6.07) is 12.0. The van der Waals surface area contributed by atoms with Crippen LogP contribution in [0.5, 0.6) is 0 Å². The van der Waals surface area contributed by atoms with Crippen LogP contribution in [0, 0.1) is 12.7 Å². The van der Waals surface area contributed by atoms with Crippen LogP contribution in [0.3, 0.4) is 0 Å². The Kier molecular flexibility index (Phi) is 6.14. The molecule has 0 heterocycles. The number of halogens is 1. The molecular weight excluding hydrogens is 331 g/mol. The van der Waals surface area contributed by atoms with Crippen LogP contribution in [0.25, 0.3) is 0 Å². The van der Waals surface area contributed by atoms with Gasteiger partial charge in [-0.2, -0.15) is 0 Å². The molecule has 5 heteroatoms. The molecule has 2 aromatic carbocycles. The second-order valence-electron chi connectivity index (χ2n) is 7.35. The number of benzene rings is 2. The second-order valence-corrected chi connectivity index (χ2v) is 7.35. The summed E-state index contributed by atoms with van der Waals surface area (Å²) in [7, 11) is 0. The molecular formula is C21H25FN2O2. The molecule has 2 rings (SSSR count). The number of hydrogen-bond donors (Lipinski definition) is 2. The summed E-state index contributed by atoms with van der Waals surface area (Å²) in [5, 5.41) is 5.34. The zero-order chi connectivity index (χ0) is 19.3. The van der Waals surface area contributed by atoms with Crippen molar-refractivity contribution in [2.45, 2.75) is 39.5 Å². The lowest BCUT2D eigenvalue weighted by Crippen LogP contribution is -2.27. The van der Waals surface area contributed by atoms with E-state index in [1.807, 2.05) is 12.1 Å². The highest BCUT2D eigenvalue weighted by atomic mass is 19.1. The molecule has 138 valence electrons. The van der Waals surface area contributed by atoms with Gasteiger partial charge in [0.15, 0.2) is 0 Å². The fraction of sp³-hybridized carbons (Fsp3) is 0.333. The first-order chi connectivity index (χ1) is 12.2. The van der Waals surface area contributed by atoms with Crippen LogP contribution in [0.1, 0.15) is 48.7 Å². The van der Waals surface area contributed by atoms with E-state index in [1.54, 1.807) is 31.2 Å². The minimum atomic E-state index is -0.366. The lowest BCUT2D eigenvalue weighted by molar-refractivity contribution is -0.116. The first-order valence-electron chi connectivity index (χ1n) is 8.61. The van der Waals surface area contributed by atoms with Gasteiger partial charge in [0.05, 0.1) is 0 Å². The van der Waals surface area contributed by atoms with Gasteiger partial charge in [-0.25, -0.2) is 4.39 Å². The van der Waals surface area contributed by atoms with E-state index < -0.39 is 0 Å². The van der Waals surface area contributed by atoms with Crippen molar-refractivity contribution in [3.8, 4) is 0 Å². The van der Waals surface area contributed by atoms with Crippen LogP contribution < -0.4 is 10.6 Å². The van der Waals surface area contributed by atoms with Crippen LogP contribution in [0.2, 0.25) is 0 Å². The Balaban J connectivity index is 1.82. The SMILES string of the molecule is Cc1ccc(NC(=O)CCNC(=O)c2ccc(C(C)(C)C)cc2)cc1F. The summed E-state index contributed by atoms with van der Waals surface area (Å²) >= 11 is 0. The molecule has 0 saturated heterocycles. The summed E-state index contributed by atoms with van der Waals surface area (Å²) in [4.78, 5) is 24.0. The van der Waals surface area contributed by atoms with Crippen LogP contribution in [0.15, 0.2) is 42.5 Å². The summed E-state index contributed by atoms with van der Waals surface area (Å²) < 4.78 is 13.5. The van der Waals surface area contributed by atoms with Crippen molar-refractivity contribution in [3.63, 3.8) is 0 Å². The third-order valence-electron chi connectivity index (χ3n) is 4.11. The molecule has 26 heavy (non-hydrogen) atoms. The van der Waals surface area contributed by atoms with Gasteiger partial charge in [-0.05, 0) is 47.7 Å². The Hall–Kier alpha value is -2.69. The number of aryl methyl sites for hydroxylation is 1. The van der Waals surface area contributed by atoms with Crippen molar-refractivity contribution in [1.29, 1.82) is 0 Å². The van der Waals surface area contributed by atoms with Crippen LogP contribution in [-0.4, -0.2) is 18.4 Å². The molecule has 0 aliphatic heterocycles.